The summed E-state index contributed by atoms with van der Waals surface area (Å²) in [4.78, 5) is 15.3. The molecule has 88 valence electrons. The van der Waals surface area contributed by atoms with Crippen LogP contribution >= 0.6 is 11.6 Å². The molecule has 2 aromatic rings. The molecule has 0 spiro atoms. The highest BCUT2D eigenvalue weighted by molar-refractivity contribution is 6.28. The molecule has 17 heavy (non-hydrogen) atoms. The highest BCUT2D eigenvalue weighted by Gasteiger charge is 2.13. The molecule has 0 bridgehead atoms. The van der Waals surface area contributed by atoms with E-state index in [-0.39, 0.29) is 17.4 Å². The first-order valence-corrected chi connectivity index (χ1v) is 4.97. The topological polar surface area (TPSA) is 47.8 Å². The van der Waals surface area contributed by atoms with Crippen molar-refractivity contribution in [2.45, 2.75) is 6.54 Å². The second kappa shape index (κ2) is 4.58. The lowest BCUT2D eigenvalue weighted by molar-refractivity contribution is 0.0963. The molecule has 0 N–H and O–H groups in total. The van der Waals surface area contributed by atoms with Crippen LogP contribution in [-0.4, -0.2) is 20.5 Å². The van der Waals surface area contributed by atoms with Crippen molar-refractivity contribution >= 4 is 17.4 Å². The van der Waals surface area contributed by atoms with Crippen LogP contribution in [0.5, 0.6) is 0 Å². The van der Waals surface area contributed by atoms with Crippen molar-refractivity contribution < 1.29 is 13.6 Å². The number of aromatic nitrogens is 3. The van der Waals surface area contributed by atoms with Crippen LogP contribution in [-0.2, 0) is 6.54 Å². The van der Waals surface area contributed by atoms with Crippen LogP contribution in [0.4, 0.5) is 8.78 Å². The normalized spacial score (nSPS) is 10.5. The molecule has 0 fully saturated rings. The van der Waals surface area contributed by atoms with E-state index in [9.17, 15) is 13.6 Å². The van der Waals surface area contributed by atoms with Gasteiger partial charge in [-0.2, -0.15) is 0 Å². The van der Waals surface area contributed by atoms with Crippen LogP contribution in [0, 0.1) is 11.6 Å². The highest BCUT2D eigenvalue weighted by atomic mass is 35.5. The first-order valence-electron chi connectivity index (χ1n) is 4.59. The molecule has 2 rings (SSSR count). The molecule has 0 radical (unpaired) electrons. The zero-order valence-electron chi connectivity index (χ0n) is 8.40. The second-order valence-corrected chi connectivity index (χ2v) is 3.60. The van der Waals surface area contributed by atoms with Crippen LogP contribution in [0.3, 0.4) is 0 Å². The summed E-state index contributed by atoms with van der Waals surface area (Å²) in [6.45, 7) is -0.206. The van der Waals surface area contributed by atoms with E-state index in [2.05, 4.69) is 10.1 Å². The zero-order chi connectivity index (χ0) is 12.4. The Kier molecular flexibility index (Phi) is 3.14. The average Bonchev–Trinajstić information content (AvgIpc) is 2.63. The van der Waals surface area contributed by atoms with Crippen molar-refractivity contribution in [2.75, 3.05) is 0 Å². The molecule has 0 saturated heterocycles. The molecule has 0 unspecified atom stereocenters. The van der Waals surface area contributed by atoms with Crippen molar-refractivity contribution in [2.24, 2.45) is 0 Å². The standard InChI is InChI=1S/C10H6ClF2N3O/c11-10-14-5-16(15-10)4-9(17)7-2-1-6(12)3-8(7)13/h1-3,5H,4H2. The van der Waals surface area contributed by atoms with Crippen molar-refractivity contribution in [3.8, 4) is 0 Å². The lowest BCUT2D eigenvalue weighted by Crippen LogP contribution is -2.12. The summed E-state index contributed by atoms with van der Waals surface area (Å²) in [5.74, 6) is -2.17. The maximum atomic E-state index is 13.3. The Bertz CT molecular complexity index is 570. The van der Waals surface area contributed by atoms with Crippen molar-refractivity contribution in [1.29, 1.82) is 0 Å². The zero-order valence-corrected chi connectivity index (χ0v) is 9.16. The van der Waals surface area contributed by atoms with Crippen LogP contribution < -0.4 is 0 Å². The molecule has 4 nitrogen and oxygen atoms in total. The molecule has 0 aliphatic carbocycles. The van der Waals surface area contributed by atoms with Gasteiger partial charge >= 0.3 is 0 Å². The monoisotopic (exact) mass is 257 g/mol. The van der Waals surface area contributed by atoms with Gasteiger partial charge in [0.05, 0.1) is 5.56 Å². The van der Waals surface area contributed by atoms with Gasteiger partial charge in [0.1, 0.15) is 24.5 Å². The molecule has 0 aliphatic rings. The predicted octanol–water partition coefficient (Wildman–Crippen LogP) is 2.09. The van der Waals surface area contributed by atoms with Gasteiger partial charge in [-0.3, -0.25) is 4.79 Å². The van der Waals surface area contributed by atoms with E-state index >= 15 is 0 Å². The van der Waals surface area contributed by atoms with E-state index in [1.54, 1.807) is 0 Å². The fourth-order valence-electron chi connectivity index (χ4n) is 1.30. The predicted molar refractivity (Wildman–Crippen MR) is 55.7 cm³/mol. The van der Waals surface area contributed by atoms with E-state index < -0.39 is 17.4 Å². The summed E-state index contributed by atoms with van der Waals surface area (Å²) in [6, 6.07) is 2.76. The lowest BCUT2D eigenvalue weighted by atomic mass is 10.1. The number of halogens is 3. The van der Waals surface area contributed by atoms with Crippen LogP contribution in [0.1, 0.15) is 10.4 Å². The smallest absolute Gasteiger partial charge is 0.242 e. The number of benzene rings is 1. The third-order valence-electron chi connectivity index (χ3n) is 2.05. The molecule has 0 aliphatic heterocycles. The van der Waals surface area contributed by atoms with Gasteiger partial charge < -0.3 is 0 Å². The summed E-state index contributed by atoms with van der Waals surface area (Å²) < 4.78 is 27.1. The SMILES string of the molecule is O=C(Cn1cnc(Cl)n1)c1ccc(F)cc1F. The molecule has 1 aromatic heterocycles. The van der Waals surface area contributed by atoms with Gasteiger partial charge in [0.2, 0.25) is 5.28 Å². The lowest BCUT2D eigenvalue weighted by Gasteiger charge is -2.02. The van der Waals surface area contributed by atoms with Crippen LogP contribution in [0.15, 0.2) is 24.5 Å². The minimum Gasteiger partial charge on any atom is -0.292 e. The van der Waals surface area contributed by atoms with Crippen molar-refractivity contribution in [3.05, 3.63) is 47.0 Å². The Hall–Kier alpha value is -1.82. The molecular formula is C10H6ClF2N3O. The van der Waals surface area contributed by atoms with Gasteiger partial charge in [-0.1, -0.05) is 0 Å². The molecule has 7 heteroatoms. The molecule has 0 saturated carbocycles. The molecule has 1 aromatic carbocycles. The minimum absolute atomic E-state index is 0.00243. The van der Waals surface area contributed by atoms with Crippen molar-refractivity contribution in [3.63, 3.8) is 0 Å². The first kappa shape index (κ1) is 11.7. The van der Waals surface area contributed by atoms with Gasteiger partial charge in [-0.05, 0) is 23.7 Å². The van der Waals surface area contributed by atoms with Crippen LogP contribution in [0.2, 0.25) is 5.28 Å². The Morgan fingerprint density at radius 1 is 1.41 bits per heavy atom. The maximum absolute atomic E-state index is 13.3. The van der Waals surface area contributed by atoms with E-state index in [0.717, 1.165) is 12.1 Å². The number of carbonyl (C=O) groups is 1. The van der Waals surface area contributed by atoms with Gasteiger partial charge in [-0.25, -0.2) is 18.4 Å². The van der Waals surface area contributed by atoms with Gasteiger partial charge in [-0.15, -0.1) is 5.10 Å². The third-order valence-corrected chi connectivity index (χ3v) is 2.22. The van der Waals surface area contributed by atoms with E-state index in [1.165, 1.54) is 11.0 Å². The maximum Gasteiger partial charge on any atom is 0.242 e. The van der Waals surface area contributed by atoms with E-state index in [1.807, 2.05) is 0 Å². The Morgan fingerprint density at radius 3 is 2.76 bits per heavy atom. The highest BCUT2D eigenvalue weighted by Crippen LogP contribution is 2.11. The second-order valence-electron chi connectivity index (χ2n) is 3.26. The number of hydrogen-bond acceptors (Lipinski definition) is 3. The fourth-order valence-corrected chi connectivity index (χ4v) is 1.44. The molecule has 1 heterocycles. The molecule has 0 amide bonds. The molecule has 0 atom stereocenters. The Balaban J connectivity index is 2.20. The minimum atomic E-state index is -0.902. The van der Waals surface area contributed by atoms with Gasteiger partial charge in [0.25, 0.3) is 0 Å². The Labute approximate surface area is 99.8 Å². The van der Waals surface area contributed by atoms with E-state index in [0.29, 0.717) is 6.07 Å². The van der Waals surface area contributed by atoms with Gasteiger partial charge in [0, 0.05) is 6.07 Å². The first-order chi connectivity index (χ1) is 8.06. The number of ketones is 1. The summed E-state index contributed by atoms with van der Waals surface area (Å²) in [7, 11) is 0. The number of carbonyl (C=O) groups excluding carboxylic acids is 1. The summed E-state index contributed by atoms with van der Waals surface area (Å²) in [5.41, 5.74) is -0.196. The fraction of sp³-hybridized carbons (Fsp3) is 0.100. The third kappa shape index (κ3) is 2.65. The van der Waals surface area contributed by atoms with E-state index in [4.69, 9.17) is 11.6 Å². The van der Waals surface area contributed by atoms with Gasteiger partial charge in [0.15, 0.2) is 5.78 Å². The average molecular weight is 258 g/mol. The molecular weight excluding hydrogens is 252 g/mol. The van der Waals surface area contributed by atoms with Crippen LogP contribution in [0.25, 0.3) is 0 Å². The number of nitrogens with zero attached hydrogens (tertiary/aromatic N) is 3. The quantitative estimate of drug-likeness (QED) is 0.791. The summed E-state index contributed by atoms with van der Waals surface area (Å²) in [5, 5.41) is 3.67. The number of hydrogen-bond donors (Lipinski definition) is 0. The van der Waals surface area contributed by atoms with Crippen molar-refractivity contribution in [1.82, 2.24) is 14.8 Å². The number of rotatable bonds is 3. The number of Topliss-reactive ketones (excluding diaryl/α,β-unsaturated/α-hetero) is 1. The Morgan fingerprint density at radius 2 is 2.18 bits per heavy atom. The largest absolute Gasteiger partial charge is 0.292 e. The summed E-state index contributed by atoms with van der Waals surface area (Å²) >= 11 is 5.46. The summed E-state index contributed by atoms with van der Waals surface area (Å²) in [6.07, 6.45) is 1.25.